The molecule has 0 aliphatic carbocycles. The molecule has 0 radical (unpaired) electrons. The highest BCUT2D eigenvalue weighted by atomic mass is 127. The molecule has 1 aromatic carbocycles. The van der Waals surface area contributed by atoms with Gasteiger partial charge in [0.15, 0.2) is 9.87 Å². The second-order valence-corrected chi connectivity index (χ2v) is 5.17. The number of methoxy groups -OCH3 is 1. The summed E-state index contributed by atoms with van der Waals surface area (Å²) in [7, 11) is -3.14. The van der Waals surface area contributed by atoms with Crippen LogP contribution >= 0.6 is 22.6 Å². The van der Waals surface area contributed by atoms with Gasteiger partial charge in [-0.3, -0.25) is 4.55 Å². The van der Waals surface area contributed by atoms with Gasteiger partial charge in [0.2, 0.25) is 11.1 Å². The van der Waals surface area contributed by atoms with Gasteiger partial charge < -0.3 is 4.74 Å². The van der Waals surface area contributed by atoms with Gasteiger partial charge in [-0.1, -0.05) is 0 Å². The van der Waals surface area contributed by atoms with Gasteiger partial charge in [-0.05, 0) is 28.7 Å². The van der Waals surface area contributed by atoms with Gasteiger partial charge in [0.25, 0.3) is 0 Å². The van der Waals surface area contributed by atoms with Crippen molar-refractivity contribution < 1.29 is 17.7 Å². The smallest absolute Gasteiger partial charge is 0.447 e. The van der Waals surface area contributed by atoms with Crippen molar-refractivity contribution in [1.82, 2.24) is 0 Å². The van der Waals surface area contributed by atoms with Crippen LogP contribution < -0.4 is 4.74 Å². The normalized spacial score (nSPS) is 10.8. The highest BCUT2D eigenvalue weighted by molar-refractivity contribution is 14.1. The van der Waals surface area contributed by atoms with E-state index in [1.54, 1.807) is 0 Å². The summed E-state index contributed by atoms with van der Waals surface area (Å²) in [6.45, 7) is 0. The predicted octanol–water partition coefficient (Wildman–Crippen LogP) is 2.03. The van der Waals surface area contributed by atoms with Crippen molar-refractivity contribution in [2.45, 2.75) is 4.90 Å². The lowest BCUT2D eigenvalue weighted by atomic mass is 10.3. The van der Waals surface area contributed by atoms with Crippen molar-refractivity contribution in [2.24, 2.45) is 0 Å². The Morgan fingerprint density at radius 1 is 1.53 bits per heavy atom. The molecule has 0 unspecified atom stereocenters. The van der Waals surface area contributed by atoms with Crippen molar-refractivity contribution in [3.63, 3.8) is 0 Å². The van der Waals surface area contributed by atoms with Gasteiger partial charge in [0.1, 0.15) is 0 Å². The maximum atomic E-state index is 11.0. The van der Waals surface area contributed by atoms with E-state index in [1.165, 1.54) is 19.2 Å². The molecule has 0 heterocycles. The van der Waals surface area contributed by atoms with Gasteiger partial charge in [-0.15, -0.1) is 0 Å². The third-order valence-electron chi connectivity index (χ3n) is 1.60. The number of hydrogen-bond acceptors (Lipinski definition) is 4. The summed E-state index contributed by atoms with van der Waals surface area (Å²) in [5.74, 6) is 0.0667. The first-order valence-corrected chi connectivity index (χ1v) is 6.12. The van der Waals surface area contributed by atoms with Gasteiger partial charge in [0, 0.05) is 9.64 Å². The van der Waals surface area contributed by atoms with Crippen molar-refractivity contribution in [1.29, 1.82) is 5.39 Å². The topological polar surface area (TPSA) is 91.8 Å². The van der Waals surface area contributed by atoms with E-state index in [2.05, 4.69) is 4.98 Å². The molecule has 0 saturated heterocycles. The zero-order valence-electron chi connectivity index (χ0n) is 7.51. The quantitative estimate of drug-likeness (QED) is 0.505. The molecule has 0 aliphatic heterocycles. The molecule has 1 rings (SSSR count). The lowest BCUT2D eigenvalue weighted by molar-refractivity contribution is 0.415. The van der Waals surface area contributed by atoms with Crippen LogP contribution in [0.5, 0.6) is 5.75 Å². The Bertz CT molecular complexity index is 535. The van der Waals surface area contributed by atoms with Crippen LogP contribution in [-0.2, 0) is 10.1 Å². The molecule has 1 N–H and O–H groups in total. The van der Waals surface area contributed by atoms with E-state index in [1.807, 2.05) is 22.6 Å². The molecule has 1 aromatic rings. The molecule has 15 heavy (non-hydrogen) atoms. The molecular weight excluding hydrogens is 335 g/mol. The summed E-state index contributed by atoms with van der Waals surface area (Å²) in [6.07, 6.45) is 0. The highest BCUT2D eigenvalue weighted by Crippen LogP contribution is 2.36. The number of ether oxygens (including phenoxy) is 1. The molecule has 6 nitrogen and oxygen atoms in total. The van der Waals surface area contributed by atoms with E-state index in [4.69, 9.17) is 14.7 Å². The third-order valence-corrected chi connectivity index (χ3v) is 3.09. The monoisotopic (exact) mass is 341 g/mol. The minimum atomic E-state index is -4.44. The molecule has 0 aromatic heterocycles. The molecule has 0 spiro atoms. The Kier molecular flexibility index (Phi) is 3.48. The summed E-state index contributed by atoms with van der Waals surface area (Å²) in [5.41, 5.74) is -0.319. The number of rotatable bonds is 2. The van der Waals surface area contributed by atoms with Crippen LogP contribution in [0.3, 0.4) is 0 Å². The third kappa shape index (κ3) is 2.55. The van der Waals surface area contributed by atoms with Crippen LogP contribution in [0.1, 0.15) is 0 Å². The van der Waals surface area contributed by atoms with E-state index in [9.17, 15) is 8.42 Å². The summed E-state index contributed by atoms with van der Waals surface area (Å²) >= 11 is 1.85. The van der Waals surface area contributed by atoms with Crippen LogP contribution in [-0.4, -0.2) is 20.1 Å². The largest absolute Gasteiger partial charge is 0.489 e. The van der Waals surface area contributed by atoms with E-state index in [0.29, 0.717) is 3.57 Å². The molecule has 8 heteroatoms. The lowest BCUT2D eigenvalue weighted by Gasteiger charge is -2.00. The van der Waals surface area contributed by atoms with Crippen LogP contribution in [0.15, 0.2) is 17.0 Å². The van der Waals surface area contributed by atoms with Crippen molar-refractivity contribution in [2.75, 3.05) is 7.11 Å². The molecule has 0 aliphatic rings. The fourth-order valence-electron chi connectivity index (χ4n) is 1.00. The average Bonchev–Trinajstić information content (AvgIpc) is 2.15. The molecule has 0 atom stereocenters. The Balaban J connectivity index is 3.66. The Labute approximate surface area is 99.8 Å². The van der Waals surface area contributed by atoms with E-state index in [-0.39, 0.29) is 11.4 Å². The number of hydrogen-bond donors (Lipinski definition) is 1. The van der Waals surface area contributed by atoms with Gasteiger partial charge >= 0.3 is 15.8 Å². The maximum Gasteiger partial charge on any atom is 0.447 e. The summed E-state index contributed by atoms with van der Waals surface area (Å²) in [5, 5.41) is 8.65. The van der Waals surface area contributed by atoms with Crippen molar-refractivity contribution >= 4 is 38.4 Å². The molecule has 0 bridgehead atoms. The number of halogens is 1. The summed E-state index contributed by atoms with van der Waals surface area (Å²) < 4.78 is 36.2. The second kappa shape index (κ2) is 4.30. The Hall–Kier alpha value is -0.920. The first-order valence-electron chi connectivity index (χ1n) is 3.60. The predicted molar refractivity (Wildman–Crippen MR) is 60.3 cm³/mol. The molecule has 80 valence electrons. The average molecular weight is 341 g/mol. The molecule has 0 fully saturated rings. The lowest BCUT2D eigenvalue weighted by Crippen LogP contribution is -2.00. The standard InChI is InChI=1S/C7H5IN2O4S/c1-14-5-2-4(8)3-6(7(5)10-9)15(11,12)13/h2-3H,1H3/p+1. The fourth-order valence-corrected chi connectivity index (χ4v) is 2.47. The molecule has 0 amide bonds. The van der Waals surface area contributed by atoms with E-state index >= 15 is 0 Å². The SMILES string of the molecule is COc1cc(I)cc(S(=O)(=O)O)c1[N+]#N. The first kappa shape index (κ1) is 12.2. The van der Waals surface area contributed by atoms with Gasteiger partial charge in [0.05, 0.1) is 7.11 Å². The highest BCUT2D eigenvalue weighted by Gasteiger charge is 2.30. The Morgan fingerprint density at radius 3 is 2.53 bits per heavy atom. The fraction of sp³-hybridized carbons (Fsp3) is 0.143. The number of benzene rings is 1. The van der Waals surface area contributed by atoms with Crippen molar-refractivity contribution in [3.8, 4) is 5.75 Å². The zero-order valence-corrected chi connectivity index (χ0v) is 10.5. The van der Waals surface area contributed by atoms with Crippen molar-refractivity contribution in [3.05, 3.63) is 20.7 Å². The maximum absolute atomic E-state index is 11.0. The van der Waals surface area contributed by atoms with E-state index < -0.39 is 15.0 Å². The number of nitrogens with zero attached hydrogens (tertiary/aromatic N) is 2. The first-order chi connectivity index (χ1) is 6.90. The van der Waals surface area contributed by atoms with Gasteiger partial charge in [-0.25, -0.2) is 0 Å². The van der Waals surface area contributed by atoms with E-state index in [0.717, 1.165) is 0 Å². The molecular formula is C7H6IN2O4S+. The van der Waals surface area contributed by atoms with Crippen LogP contribution in [0.4, 0.5) is 5.69 Å². The summed E-state index contributed by atoms with van der Waals surface area (Å²) in [6, 6.07) is 2.65. The molecule has 0 saturated carbocycles. The Morgan fingerprint density at radius 2 is 2.13 bits per heavy atom. The zero-order chi connectivity index (χ0) is 11.6. The van der Waals surface area contributed by atoms with Crippen LogP contribution in [0, 0.1) is 8.96 Å². The van der Waals surface area contributed by atoms with Crippen LogP contribution in [0.2, 0.25) is 0 Å². The minimum Gasteiger partial charge on any atom is -0.489 e. The number of diazo groups is 1. The minimum absolute atomic E-state index is 0.0667. The second-order valence-electron chi connectivity index (χ2n) is 2.53. The van der Waals surface area contributed by atoms with Crippen LogP contribution in [0.25, 0.3) is 4.98 Å². The summed E-state index contributed by atoms with van der Waals surface area (Å²) in [4.78, 5) is 2.29. The van der Waals surface area contributed by atoms with Gasteiger partial charge in [-0.2, -0.15) is 8.42 Å².